The maximum Gasteiger partial charge on any atom is 0.265 e. The smallest absolute Gasteiger partial charge is 0.265 e. The fourth-order valence-electron chi connectivity index (χ4n) is 2.77. The summed E-state index contributed by atoms with van der Waals surface area (Å²) in [7, 11) is 1.67. The molecule has 0 bridgehead atoms. The Morgan fingerprint density at radius 2 is 1.82 bits per heavy atom. The van der Waals surface area contributed by atoms with E-state index in [0.717, 1.165) is 22.4 Å². The van der Waals surface area contributed by atoms with Crippen LogP contribution in [0.1, 0.15) is 16.7 Å². The van der Waals surface area contributed by atoms with E-state index in [9.17, 15) is 4.79 Å². The standard InChI is InChI=1S/C21H20ClNO3S2/c1-13-5-4-6-14(2)19(13)26-10-9-25-17-8-7-16(22)11-15(17)12-18-20(24)23(3)21(27)28-18/h4-8,11-12H,9-10H2,1-3H3. The first-order chi connectivity index (χ1) is 13.4. The molecule has 1 amide bonds. The summed E-state index contributed by atoms with van der Waals surface area (Å²) in [6.07, 6.45) is 1.76. The first-order valence-corrected chi connectivity index (χ1v) is 10.3. The van der Waals surface area contributed by atoms with Gasteiger partial charge in [0.1, 0.15) is 29.0 Å². The zero-order valence-electron chi connectivity index (χ0n) is 15.8. The first-order valence-electron chi connectivity index (χ1n) is 8.69. The summed E-state index contributed by atoms with van der Waals surface area (Å²) in [6.45, 7) is 4.81. The normalized spacial score (nSPS) is 15.4. The molecule has 0 aliphatic carbocycles. The van der Waals surface area contributed by atoms with Crippen molar-refractivity contribution in [2.24, 2.45) is 0 Å². The topological polar surface area (TPSA) is 38.8 Å². The fraction of sp³-hybridized carbons (Fsp3) is 0.238. The van der Waals surface area contributed by atoms with Crippen molar-refractivity contribution in [1.82, 2.24) is 4.90 Å². The molecular formula is C21H20ClNO3S2. The number of likely N-dealkylation sites (N-methyl/N-ethyl adjacent to an activating group) is 1. The van der Waals surface area contributed by atoms with Crippen molar-refractivity contribution in [2.75, 3.05) is 20.3 Å². The molecule has 0 N–H and O–H groups in total. The number of hydrogen-bond donors (Lipinski definition) is 0. The Bertz CT molecular complexity index is 938. The molecule has 3 rings (SSSR count). The van der Waals surface area contributed by atoms with E-state index < -0.39 is 0 Å². The van der Waals surface area contributed by atoms with Gasteiger partial charge >= 0.3 is 0 Å². The minimum absolute atomic E-state index is 0.126. The van der Waals surface area contributed by atoms with Crippen LogP contribution in [0.15, 0.2) is 41.3 Å². The van der Waals surface area contributed by atoms with E-state index in [2.05, 4.69) is 0 Å². The molecule has 28 heavy (non-hydrogen) atoms. The van der Waals surface area contributed by atoms with Crippen LogP contribution in [0.25, 0.3) is 6.08 Å². The lowest BCUT2D eigenvalue weighted by molar-refractivity contribution is -0.121. The number of thiocarbonyl (C=S) groups is 1. The number of ether oxygens (including phenoxy) is 2. The third-order valence-corrected chi connectivity index (χ3v) is 5.96. The highest BCUT2D eigenvalue weighted by atomic mass is 35.5. The molecule has 146 valence electrons. The number of carbonyl (C=O) groups excluding carboxylic acids is 1. The van der Waals surface area contributed by atoms with Crippen molar-refractivity contribution >= 4 is 51.9 Å². The van der Waals surface area contributed by atoms with E-state index in [1.807, 2.05) is 32.0 Å². The van der Waals surface area contributed by atoms with Gasteiger partial charge in [0.15, 0.2) is 0 Å². The number of para-hydroxylation sites is 1. The molecule has 2 aromatic rings. The molecule has 1 fully saturated rings. The zero-order chi connectivity index (χ0) is 20.3. The summed E-state index contributed by atoms with van der Waals surface area (Å²) >= 11 is 12.6. The lowest BCUT2D eigenvalue weighted by atomic mass is 10.1. The SMILES string of the molecule is Cc1cccc(C)c1OCCOc1ccc(Cl)cc1C=C1SC(=S)N(C)C1=O. The number of aryl methyl sites for hydroxylation is 2. The van der Waals surface area contributed by atoms with Gasteiger partial charge in [0, 0.05) is 17.6 Å². The Balaban J connectivity index is 1.70. The number of rotatable bonds is 6. The number of amides is 1. The molecular weight excluding hydrogens is 414 g/mol. The van der Waals surface area contributed by atoms with Crippen LogP contribution >= 0.6 is 35.6 Å². The molecule has 7 heteroatoms. The highest BCUT2D eigenvalue weighted by Crippen LogP contribution is 2.34. The number of nitrogens with zero attached hydrogens (tertiary/aromatic N) is 1. The minimum atomic E-state index is -0.126. The van der Waals surface area contributed by atoms with Crippen LogP contribution in [0.5, 0.6) is 11.5 Å². The van der Waals surface area contributed by atoms with Gasteiger partial charge in [-0.25, -0.2) is 0 Å². The number of benzene rings is 2. The zero-order valence-corrected chi connectivity index (χ0v) is 18.2. The van der Waals surface area contributed by atoms with E-state index >= 15 is 0 Å². The highest BCUT2D eigenvalue weighted by molar-refractivity contribution is 8.26. The van der Waals surface area contributed by atoms with Crippen molar-refractivity contribution in [3.8, 4) is 11.5 Å². The predicted octanol–water partition coefficient (Wildman–Crippen LogP) is 5.25. The molecule has 0 radical (unpaired) electrons. The van der Waals surface area contributed by atoms with Crippen LogP contribution in [0.2, 0.25) is 5.02 Å². The molecule has 0 spiro atoms. The minimum Gasteiger partial charge on any atom is -0.489 e. The number of halogens is 1. The lowest BCUT2D eigenvalue weighted by Crippen LogP contribution is -2.22. The largest absolute Gasteiger partial charge is 0.489 e. The predicted molar refractivity (Wildman–Crippen MR) is 119 cm³/mol. The van der Waals surface area contributed by atoms with Gasteiger partial charge in [-0.1, -0.05) is 53.8 Å². The molecule has 1 aliphatic rings. The Labute approximate surface area is 179 Å². The fourth-order valence-corrected chi connectivity index (χ4v) is 4.12. The lowest BCUT2D eigenvalue weighted by Gasteiger charge is -2.14. The van der Waals surface area contributed by atoms with Crippen LogP contribution in [0, 0.1) is 13.8 Å². The average molecular weight is 434 g/mol. The summed E-state index contributed by atoms with van der Waals surface area (Å²) in [4.78, 5) is 14.3. The van der Waals surface area contributed by atoms with Gasteiger partial charge in [-0.15, -0.1) is 0 Å². The molecule has 0 unspecified atom stereocenters. The third-order valence-electron chi connectivity index (χ3n) is 4.24. The Kier molecular flexibility index (Phi) is 6.65. The van der Waals surface area contributed by atoms with Gasteiger partial charge in [-0.05, 0) is 49.2 Å². The van der Waals surface area contributed by atoms with Crippen molar-refractivity contribution in [1.29, 1.82) is 0 Å². The monoisotopic (exact) mass is 433 g/mol. The quantitative estimate of drug-likeness (QED) is 0.353. The van der Waals surface area contributed by atoms with Crippen molar-refractivity contribution in [3.63, 3.8) is 0 Å². The van der Waals surface area contributed by atoms with E-state index in [-0.39, 0.29) is 5.91 Å². The summed E-state index contributed by atoms with van der Waals surface area (Å²) in [5.74, 6) is 1.39. The van der Waals surface area contributed by atoms with E-state index in [4.69, 9.17) is 33.3 Å². The first kappa shape index (κ1) is 20.7. The van der Waals surface area contributed by atoms with Gasteiger partial charge < -0.3 is 9.47 Å². The van der Waals surface area contributed by atoms with E-state index in [1.165, 1.54) is 16.7 Å². The Hall–Kier alpha value is -2.02. The van der Waals surface area contributed by atoms with Gasteiger partial charge in [0.25, 0.3) is 5.91 Å². The van der Waals surface area contributed by atoms with Crippen molar-refractivity contribution in [3.05, 3.63) is 63.0 Å². The average Bonchev–Trinajstić information content (AvgIpc) is 2.89. The van der Waals surface area contributed by atoms with Crippen LogP contribution in [-0.4, -0.2) is 35.4 Å². The molecule has 0 aromatic heterocycles. The van der Waals surface area contributed by atoms with Gasteiger partial charge in [-0.2, -0.15) is 0 Å². The number of carbonyl (C=O) groups is 1. The second kappa shape index (κ2) is 8.99. The Morgan fingerprint density at radius 3 is 2.46 bits per heavy atom. The highest BCUT2D eigenvalue weighted by Gasteiger charge is 2.29. The van der Waals surface area contributed by atoms with Gasteiger partial charge in [0.2, 0.25) is 0 Å². The third kappa shape index (κ3) is 4.69. The maximum absolute atomic E-state index is 12.3. The second-order valence-corrected chi connectivity index (χ2v) is 8.45. The van der Waals surface area contributed by atoms with Gasteiger partial charge in [0.05, 0.1) is 4.91 Å². The number of thioether (sulfide) groups is 1. The summed E-state index contributed by atoms with van der Waals surface area (Å²) < 4.78 is 12.3. The van der Waals surface area contributed by atoms with E-state index in [0.29, 0.717) is 33.2 Å². The maximum atomic E-state index is 12.3. The summed E-state index contributed by atoms with van der Waals surface area (Å²) in [5.41, 5.74) is 2.91. The molecule has 0 saturated carbocycles. The summed E-state index contributed by atoms with van der Waals surface area (Å²) in [5, 5.41) is 0.567. The van der Waals surface area contributed by atoms with Crippen molar-refractivity contribution < 1.29 is 14.3 Å². The molecule has 1 aliphatic heterocycles. The molecule has 1 saturated heterocycles. The summed E-state index contributed by atoms with van der Waals surface area (Å²) in [6, 6.07) is 11.4. The van der Waals surface area contributed by atoms with Crippen LogP contribution in [0.4, 0.5) is 0 Å². The van der Waals surface area contributed by atoms with Crippen LogP contribution in [0.3, 0.4) is 0 Å². The van der Waals surface area contributed by atoms with Crippen LogP contribution in [-0.2, 0) is 4.79 Å². The van der Waals surface area contributed by atoms with Crippen molar-refractivity contribution in [2.45, 2.75) is 13.8 Å². The second-order valence-electron chi connectivity index (χ2n) is 6.34. The molecule has 4 nitrogen and oxygen atoms in total. The molecule has 2 aromatic carbocycles. The molecule has 0 atom stereocenters. The Morgan fingerprint density at radius 1 is 1.14 bits per heavy atom. The van der Waals surface area contributed by atoms with Gasteiger partial charge in [-0.3, -0.25) is 9.69 Å². The number of hydrogen-bond acceptors (Lipinski definition) is 5. The molecule has 1 heterocycles. The van der Waals surface area contributed by atoms with E-state index in [1.54, 1.807) is 31.3 Å². The van der Waals surface area contributed by atoms with Crippen LogP contribution < -0.4 is 9.47 Å².